The standard InChI is InChI=1S/C28H22N4O3.C24H14FN3O4.C24H17N3O6.C22H13N3O5/c33-27-22-8-4-5-9-23(22)28(34)26-25(27)24(32(35)29-26)18-19-10-12-21(13-11-19)31-16-14-30(15-17-31)20-6-2-1-3-7-20;1-32-19-12-14(25)8-11-16(19)13-6-9-15(10-7-13)26-24-20-21(27-28(24)31)23(30)18-5-3-2-4-17(18)22(20)29;1-24(11-12-33-23(31)16-8-4-5-13-9-10-17(28)25-19(13)16)18-20(26-27(24)32)22(30)15-7-3-2-6-14(15)21(18)29;1-29-16-9-8-13-5-2-4-12(18(13)23-16)6-3-7-15-17-19(24-25(15)28)21(27)22-14(20(17)26)10-11-30-22/h1-13,18H,14-17H2;2-12H,1H3;2-10H,11-12H2,1H3,(H,25,28);2-11H,1H3/b24-18-;;;6-3+,15-7-. The Balaban J connectivity index is 0.000000117. The molecule has 3 aromatic heterocycles. The van der Waals surface area contributed by atoms with E-state index in [0.29, 0.717) is 49.1 Å². The number of pyridine rings is 2. The first-order valence-electron chi connectivity index (χ1n) is 40.4. The number of nitrogens with zero attached hydrogens (tertiary/aromatic N) is 12. The van der Waals surface area contributed by atoms with E-state index in [-0.39, 0.29) is 140 Å². The van der Waals surface area contributed by atoms with E-state index in [2.05, 4.69) is 69.5 Å². The molecule has 0 radical (unpaired) electrons. The van der Waals surface area contributed by atoms with E-state index >= 15 is 0 Å². The van der Waals surface area contributed by atoms with Gasteiger partial charge in [-0.15, -0.1) is 4.85 Å². The molecule has 32 heteroatoms. The first-order valence-corrected chi connectivity index (χ1v) is 40.4. The van der Waals surface area contributed by atoms with Crippen LogP contribution >= 0.6 is 0 Å². The van der Waals surface area contributed by atoms with Crippen LogP contribution in [0.3, 0.4) is 0 Å². The number of H-pyrrole nitrogens is 1. The maximum Gasteiger partial charge on any atom is 0.361 e. The predicted molar refractivity (Wildman–Crippen MR) is 470 cm³/mol. The molecular formula is C98H66FN13O18. The summed E-state index contributed by atoms with van der Waals surface area (Å²) < 4.78 is 34.4. The van der Waals surface area contributed by atoms with E-state index < -0.39 is 57.1 Å². The van der Waals surface area contributed by atoms with Crippen molar-refractivity contribution in [1.82, 2.24) is 15.1 Å². The Kier molecular flexibility index (Phi) is 21.8. The number of hydroxylamine groups is 3. The third kappa shape index (κ3) is 15.1. The fourth-order valence-electron chi connectivity index (χ4n) is 16.3. The van der Waals surface area contributed by atoms with Gasteiger partial charge in [0.15, 0.2) is 39.2 Å². The topological polar surface area (TPSA) is 414 Å². The smallest absolute Gasteiger partial charge is 0.361 e. The number of methoxy groups -OCH3 is 2. The number of hydrogen-bond donors (Lipinski definition) is 1. The van der Waals surface area contributed by atoms with Gasteiger partial charge >= 0.3 is 11.5 Å². The Morgan fingerprint density at radius 2 is 1.17 bits per heavy atom. The summed E-state index contributed by atoms with van der Waals surface area (Å²) in [6.07, 6.45) is 7.65. The van der Waals surface area contributed by atoms with Crippen LogP contribution in [0.1, 0.15) is 97.2 Å². The molecule has 4 aliphatic carbocycles. The number of esters is 1. The van der Waals surface area contributed by atoms with Gasteiger partial charge in [0.1, 0.15) is 28.3 Å². The fourth-order valence-corrected chi connectivity index (χ4v) is 16.3. The van der Waals surface area contributed by atoms with E-state index in [0.717, 1.165) is 59.5 Å². The van der Waals surface area contributed by atoms with Gasteiger partial charge in [0.25, 0.3) is 17.2 Å². The number of benzene rings is 9. The van der Waals surface area contributed by atoms with Crippen molar-refractivity contribution in [2.45, 2.75) is 18.9 Å². The van der Waals surface area contributed by atoms with Gasteiger partial charge in [-0.05, 0) is 116 Å². The Hall–Kier alpha value is -17.7. The van der Waals surface area contributed by atoms with Gasteiger partial charge in [-0.2, -0.15) is 0 Å². The summed E-state index contributed by atoms with van der Waals surface area (Å²) in [5, 5.41) is 66.7. The Morgan fingerprint density at radius 3 is 1.86 bits per heavy atom. The summed E-state index contributed by atoms with van der Waals surface area (Å²) in [6.45, 7) is 4.99. The maximum atomic E-state index is 13.5. The first kappa shape index (κ1) is 83.2. The van der Waals surface area contributed by atoms with E-state index in [1.807, 2.05) is 54.6 Å². The molecule has 1 atom stereocenters. The van der Waals surface area contributed by atoms with Crippen molar-refractivity contribution >= 4 is 102 Å². The molecule has 1 N–H and O–H groups in total. The number of ether oxygens (including phenoxy) is 3. The van der Waals surface area contributed by atoms with Crippen molar-refractivity contribution in [3.63, 3.8) is 0 Å². The normalized spacial score (nSPS) is 16.8. The highest BCUT2D eigenvalue weighted by Crippen LogP contribution is 2.43. The van der Waals surface area contributed by atoms with Crippen molar-refractivity contribution in [1.29, 1.82) is 0 Å². The number of hydrogen-bond acceptors (Lipinski definition) is 26. The summed E-state index contributed by atoms with van der Waals surface area (Å²) in [5.41, 5.74) is 4.79. The highest BCUT2D eigenvalue weighted by Gasteiger charge is 2.55. The number of nitrogens with one attached hydrogen (secondary N) is 1. The zero-order valence-corrected chi connectivity index (χ0v) is 68.7. The van der Waals surface area contributed by atoms with Crippen LogP contribution in [0.15, 0.2) is 339 Å². The molecule has 8 heterocycles. The lowest BCUT2D eigenvalue weighted by Crippen LogP contribution is -2.46. The van der Waals surface area contributed by atoms with Crippen LogP contribution in [0.2, 0.25) is 0 Å². The van der Waals surface area contributed by atoms with E-state index in [4.69, 9.17) is 18.6 Å². The Bertz CT molecular complexity index is 7870. The minimum absolute atomic E-state index is 0.00257. The summed E-state index contributed by atoms with van der Waals surface area (Å²) in [6, 6.07) is 67.2. The van der Waals surface area contributed by atoms with Gasteiger partial charge in [0, 0.05) is 140 Å². The Morgan fingerprint density at radius 1 is 0.569 bits per heavy atom. The summed E-state index contributed by atoms with van der Waals surface area (Å²) >= 11 is 0. The highest BCUT2D eigenvalue weighted by atomic mass is 19.1. The third-order valence-electron chi connectivity index (χ3n) is 22.9. The lowest BCUT2D eigenvalue weighted by Gasteiger charge is -2.37. The molecule has 0 saturated carbocycles. The molecule has 9 aromatic carbocycles. The molecule has 5 aliphatic heterocycles. The second-order valence-corrected chi connectivity index (χ2v) is 30.5. The number of aromatic amines is 1. The molecule has 1 fully saturated rings. The number of azo groups is 3. The number of carbonyl (C=O) groups excluding carboxylic acids is 7. The molecule has 21 rings (SSSR count). The number of allylic oxidation sites excluding steroid dienone is 7. The van der Waals surface area contributed by atoms with Crippen LogP contribution in [0.5, 0.6) is 11.6 Å². The molecule has 12 aromatic rings. The summed E-state index contributed by atoms with van der Waals surface area (Å²) in [4.78, 5) is 144. The molecular weight excluding hydrogens is 1670 g/mol. The monoisotopic (exact) mass is 1730 g/mol. The number of ketones is 6. The predicted octanol–water partition coefficient (Wildman–Crippen LogP) is 14.1. The average Bonchev–Trinajstić information content (AvgIpc) is 1.56. The lowest BCUT2D eigenvalue weighted by molar-refractivity contribution is -0.681. The minimum Gasteiger partial charge on any atom is -0.690 e. The Labute approximate surface area is 732 Å². The number of aromatic nitrogens is 4. The zero-order valence-electron chi connectivity index (χ0n) is 68.7. The molecule has 31 nitrogen and oxygen atoms in total. The number of furan rings is 1. The van der Waals surface area contributed by atoms with Crippen LogP contribution in [0.4, 0.5) is 21.5 Å². The number of para-hydroxylation sites is 3. The van der Waals surface area contributed by atoms with E-state index in [1.54, 1.807) is 128 Å². The summed E-state index contributed by atoms with van der Waals surface area (Å²) in [5.74, 6) is -3.05. The number of halogens is 1. The molecule has 1 saturated heterocycles. The largest absolute Gasteiger partial charge is 0.690 e. The van der Waals surface area contributed by atoms with Crippen molar-refractivity contribution in [2.24, 2.45) is 20.3 Å². The van der Waals surface area contributed by atoms with Crippen molar-refractivity contribution in [3.05, 3.63) is 424 Å². The van der Waals surface area contributed by atoms with Crippen LogP contribution in [-0.2, 0) is 4.74 Å². The molecule has 0 bridgehead atoms. The highest BCUT2D eigenvalue weighted by molar-refractivity contribution is 6.30. The number of fused-ring (bicyclic) bond motifs is 6. The number of carbonyl (C=O) groups is 7. The first-order chi connectivity index (χ1) is 63.0. The van der Waals surface area contributed by atoms with Crippen LogP contribution in [0.25, 0.3) is 55.9 Å². The molecule has 130 heavy (non-hydrogen) atoms. The molecule has 1 unspecified atom stereocenters. The molecule has 0 spiro atoms. The quantitative estimate of drug-likeness (QED) is 0.0636. The van der Waals surface area contributed by atoms with Crippen LogP contribution < -0.4 is 46.0 Å². The number of rotatable bonds is 13. The number of anilines is 2. The third-order valence-corrected chi connectivity index (χ3v) is 22.9. The number of Topliss-reactive ketones (excluding diaryl/α,β-unsaturated/α-hetero) is 6. The molecule has 9 aliphatic rings. The molecule has 0 amide bonds. The van der Waals surface area contributed by atoms with Crippen molar-refractivity contribution in [2.75, 3.05) is 56.8 Å². The molecule has 638 valence electrons. The van der Waals surface area contributed by atoms with Gasteiger partial charge in [0.05, 0.1) is 55.7 Å². The van der Waals surface area contributed by atoms with Gasteiger partial charge in [-0.1, -0.05) is 156 Å². The SMILES string of the molecule is CC1(CCOC(=O)c2cccc3ccc(=O)[nH]c23)C2=C(N=[N+]1[O-])C(=O)c1ccccc1C2=O.COc1cc(F)ccc1-c1ccc(N=c2c3c(=O)c4ccccc4c(=O)c=3n[n+]2[O-])cc1.COc1ccc2cccc(/C=C/C=C3/C4=C(N=[N+]3[O-])C(=O)c3occc3C4=O)c2n1.O=C1C2=C(C(=O)c3ccccc31)/C(=C/c1ccc(N3CCN(c4ccccc4)CC3)cc1)[N+]([O-])=N2. The maximum absolute atomic E-state index is 13.5. The van der Waals surface area contributed by atoms with Gasteiger partial charge in [-0.25, -0.2) is 14.2 Å². The van der Waals surface area contributed by atoms with Crippen molar-refractivity contribution in [3.8, 4) is 22.8 Å². The zero-order chi connectivity index (χ0) is 90.5. The van der Waals surface area contributed by atoms with Crippen LogP contribution in [0, 0.1) is 37.2 Å². The second kappa shape index (κ2) is 34.1. The minimum atomic E-state index is -1.47. The fraction of sp³-hybridized carbons (Fsp3) is 0.102. The van der Waals surface area contributed by atoms with Crippen LogP contribution in [-0.4, -0.2) is 123 Å². The van der Waals surface area contributed by atoms with E-state index in [1.165, 1.54) is 86.7 Å². The van der Waals surface area contributed by atoms with Gasteiger partial charge in [-0.3, -0.25) is 43.2 Å². The summed E-state index contributed by atoms with van der Waals surface area (Å²) in [7, 11) is 3.00. The van der Waals surface area contributed by atoms with Gasteiger partial charge in [0.2, 0.25) is 56.7 Å². The number of piperazine rings is 1. The van der Waals surface area contributed by atoms with Crippen molar-refractivity contribution < 1.29 is 76.0 Å². The van der Waals surface area contributed by atoms with E-state index in [9.17, 15) is 73.2 Å². The second-order valence-electron chi connectivity index (χ2n) is 30.5. The van der Waals surface area contributed by atoms with Gasteiger partial charge < -0.3 is 54.2 Å². The average molecular weight is 1730 g/mol. The lowest BCUT2D eigenvalue weighted by atomic mass is 9.78.